The zero-order chi connectivity index (χ0) is 16.8. The molecule has 25 heavy (non-hydrogen) atoms. The summed E-state index contributed by atoms with van der Waals surface area (Å²) in [5.74, 6) is -0.157. The molecule has 1 amide bonds. The van der Waals surface area contributed by atoms with Gasteiger partial charge in [-0.05, 0) is 38.1 Å². The van der Waals surface area contributed by atoms with Crippen molar-refractivity contribution in [2.75, 3.05) is 19.6 Å². The number of hydrogen-bond donors (Lipinski definition) is 2. The first-order valence-corrected chi connectivity index (χ1v) is 9.23. The Hall–Kier alpha value is -1.57. The molecule has 0 radical (unpaired) electrons. The molecule has 0 aliphatic carbocycles. The monoisotopic (exact) mass is 381 g/mol. The van der Waals surface area contributed by atoms with Crippen molar-refractivity contribution >= 4 is 30.1 Å². The minimum Gasteiger partial charge on any atom is -0.349 e. The lowest BCUT2D eigenvalue weighted by molar-refractivity contribution is 0.0949. The topological polar surface area (TPSA) is 71.8 Å². The zero-order valence-electron chi connectivity index (χ0n) is 14.2. The number of amides is 1. The predicted molar refractivity (Wildman–Crippen MR) is 103 cm³/mol. The Kier molecular flexibility index (Phi) is 7.74. The minimum absolute atomic E-state index is 0. The van der Waals surface area contributed by atoms with E-state index >= 15 is 0 Å². The summed E-state index contributed by atoms with van der Waals surface area (Å²) in [5, 5.41) is 14.7. The van der Waals surface area contributed by atoms with Gasteiger partial charge in [0, 0.05) is 16.7 Å². The zero-order valence-corrected chi connectivity index (χ0v) is 15.9. The third-order valence-electron chi connectivity index (χ3n) is 4.06. The number of carbonyl (C=O) groups is 1. The van der Waals surface area contributed by atoms with Crippen LogP contribution >= 0.6 is 24.2 Å². The fraction of sp³-hybridized carbons (Fsp3) is 0.471. The summed E-state index contributed by atoms with van der Waals surface area (Å²) in [6.07, 6.45) is 3.81. The van der Waals surface area contributed by atoms with Crippen molar-refractivity contribution in [3.05, 3.63) is 42.2 Å². The molecule has 0 bridgehead atoms. The van der Waals surface area contributed by atoms with Crippen LogP contribution in [0.15, 0.2) is 41.4 Å². The van der Waals surface area contributed by atoms with Crippen molar-refractivity contribution in [3.63, 3.8) is 0 Å². The maximum Gasteiger partial charge on any atom is 0.273 e. The molecule has 1 saturated heterocycles. The van der Waals surface area contributed by atoms with E-state index in [1.807, 2.05) is 22.9 Å². The lowest BCUT2D eigenvalue weighted by Gasteiger charge is -2.22. The molecule has 136 valence electrons. The summed E-state index contributed by atoms with van der Waals surface area (Å²) in [5.41, 5.74) is 0.394. The van der Waals surface area contributed by atoms with E-state index in [2.05, 4.69) is 40.0 Å². The molecule has 1 unspecified atom stereocenters. The first-order valence-electron chi connectivity index (χ1n) is 8.35. The maximum absolute atomic E-state index is 12.2. The van der Waals surface area contributed by atoms with Crippen LogP contribution in [-0.4, -0.2) is 45.8 Å². The van der Waals surface area contributed by atoms with Crippen LogP contribution in [0.2, 0.25) is 0 Å². The van der Waals surface area contributed by atoms with Gasteiger partial charge >= 0.3 is 0 Å². The third-order valence-corrected chi connectivity index (χ3v) is 5.17. The summed E-state index contributed by atoms with van der Waals surface area (Å²) in [4.78, 5) is 13.5. The molecule has 3 rings (SSSR count). The fourth-order valence-electron chi connectivity index (χ4n) is 2.73. The SMILES string of the molecule is CC(CNC(=O)c1cn(C2CCNCC2)nn1)Sc1ccccc1.Cl. The number of rotatable bonds is 6. The first-order chi connectivity index (χ1) is 11.7. The Morgan fingerprint density at radius 2 is 2.08 bits per heavy atom. The number of carbonyl (C=O) groups excluding carboxylic acids is 1. The number of nitrogens with zero attached hydrogens (tertiary/aromatic N) is 3. The Balaban J connectivity index is 0.00000225. The van der Waals surface area contributed by atoms with E-state index in [9.17, 15) is 4.79 Å². The molecular formula is C17H24ClN5OS. The van der Waals surface area contributed by atoms with Gasteiger partial charge in [0.2, 0.25) is 0 Å². The number of aromatic nitrogens is 3. The van der Waals surface area contributed by atoms with E-state index in [-0.39, 0.29) is 23.6 Å². The molecule has 1 aliphatic rings. The molecule has 2 N–H and O–H groups in total. The summed E-state index contributed by atoms with van der Waals surface area (Å²) >= 11 is 1.75. The Morgan fingerprint density at radius 1 is 1.36 bits per heavy atom. The second-order valence-corrected chi connectivity index (χ2v) is 7.53. The Bertz CT molecular complexity index is 660. The van der Waals surface area contributed by atoms with Gasteiger partial charge in [-0.25, -0.2) is 4.68 Å². The molecular weight excluding hydrogens is 358 g/mol. The van der Waals surface area contributed by atoms with Crippen molar-refractivity contribution in [3.8, 4) is 0 Å². The maximum atomic E-state index is 12.2. The summed E-state index contributed by atoms with van der Waals surface area (Å²) < 4.78 is 1.83. The van der Waals surface area contributed by atoms with Crippen molar-refractivity contribution in [2.24, 2.45) is 0 Å². The van der Waals surface area contributed by atoms with Gasteiger partial charge in [-0.15, -0.1) is 29.3 Å². The molecule has 6 nitrogen and oxygen atoms in total. The summed E-state index contributed by atoms with van der Waals surface area (Å²) in [6, 6.07) is 10.5. The van der Waals surface area contributed by atoms with Crippen LogP contribution in [0.5, 0.6) is 0 Å². The summed E-state index contributed by atoms with van der Waals surface area (Å²) in [6.45, 7) is 4.67. The highest BCUT2D eigenvalue weighted by Crippen LogP contribution is 2.22. The normalized spacial score (nSPS) is 16.0. The van der Waals surface area contributed by atoms with Crippen molar-refractivity contribution < 1.29 is 4.79 Å². The number of benzene rings is 1. The van der Waals surface area contributed by atoms with Crippen LogP contribution in [0.4, 0.5) is 0 Å². The fourth-order valence-corrected chi connectivity index (χ4v) is 3.68. The highest BCUT2D eigenvalue weighted by molar-refractivity contribution is 8.00. The minimum atomic E-state index is -0.157. The van der Waals surface area contributed by atoms with Crippen LogP contribution in [0, 0.1) is 0 Å². The van der Waals surface area contributed by atoms with Crippen molar-refractivity contribution in [1.82, 2.24) is 25.6 Å². The van der Waals surface area contributed by atoms with Crippen LogP contribution in [0.3, 0.4) is 0 Å². The number of halogens is 1. The van der Waals surface area contributed by atoms with Gasteiger partial charge in [0.15, 0.2) is 5.69 Å². The van der Waals surface area contributed by atoms with Gasteiger partial charge in [0.05, 0.1) is 12.2 Å². The van der Waals surface area contributed by atoms with Crippen molar-refractivity contribution in [2.45, 2.75) is 36.0 Å². The number of piperidine rings is 1. The van der Waals surface area contributed by atoms with Gasteiger partial charge in [-0.1, -0.05) is 30.3 Å². The molecule has 1 atom stereocenters. The van der Waals surface area contributed by atoms with Crippen molar-refractivity contribution in [1.29, 1.82) is 0 Å². The van der Waals surface area contributed by atoms with Gasteiger partial charge in [-0.3, -0.25) is 4.79 Å². The third kappa shape index (κ3) is 5.73. The lowest BCUT2D eigenvalue weighted by atomic mass is 10.1. The van der Waals surface area contributed by atoms with Gasteiger partial charge in [0.1, 0.15) is 0 Å². The standard InChI is InChI=1S/C17H23N5OS.ClH/c1-13(24-15-5-3-2-4-6-15)11-19-17(23)16-12-22(21-20-16)14-7-9-18-10-8-14;/h2-6,12-14,18H,7-11H2,1H3,(H,19,23);1H. The second kappa shape index (κ2) is 9.79. The molecule has 1 aromatic heterocycles. The number of nitrogens with one attached hydrogen (secondary N) is 2. The average Bonchev–Trinajstić information content (AvgIpc) is 3.11. The molecule has 1 aliphatic heterocycles. The molecule has 1 fully saturated rings. The molecule has 0 saturated carbocycles. The largest absolute Gasteiger partial charge is 0.349 e. The predicted octanol–water partition coefficient (Wildman–Crippen LogP) is 2.54. The van der Waals surface area contributed by atoms with E-state index in [1.54, 1.807) is 18.0 Å². The first kappa shape index (κ1) is 19.8. The molecule has 0 spiro atoms. The quantitative estimate of drug-likeness (QED) is 0.752. The van der Waals surface area contributed by atoms with Gasteiger partial charge in [0.25, 0.3) is 5.91 Å². The van der Waals surface area contributed by atoms with Crippen LogP contribution in [0.1, 0.15) is 36.3 Å². The van der Waals surface area contributed by atoms with Crippen LogP contribution in [0.25, 0.3) is 0 Å². The van der Waals surface area contributed by atoms with E-state index < -0.39 is 0 Å². The average molecular weight is 382 g/mol. The number of thioether (sulfide) groups is 1. The van der Waals surface area contributed by atoms with Gasteiger partial charge < -0.3 is 10.6 Å². The van der Waals surface area contributed by atoms with Crippen LogP contribution < -0.4 is 10.6 Å². The summed E-state index contributed by atoms with van der Waals surface area (Å²) in [7, 11) is 0. The van der Waals surface area contributed by atoms with E-state index in [0.717, 1.165) is 25.9 Å². The van der Waals surface area contributed by atoms with Gasteiger partial charge in [-0.2, -0.15) is 0 Å². The van der Waals surface area contributed by atoms with E-state index in [4.69, 9.17) is 0 Å². The molecule has 2 aromatic rings. The molecule has 1 aromatic carbocycles. The molecule has 2 heterocycles. The Morgan fingerprint density at radius 3 is 2.80 bits per heavy atom. The van der Waals surface area contributed by atoms with E-state index in [1.165, 1.54) is 4.90 Å². The smallest absolute Gasteiger partial charge is 0.273 e. The second-order valence-electron chi connectivity index (χ2n) is 6.02. The number of hydrogen-bond acceptors (Lipinski definition) is 5. The Labute approximate surface area is 158 Å². The van der Waals surface area contributed by atoms with Crippen LogP contribution in [-0.2, 0) is 0 Å². The lowest BCUT2D eigenvalue weighted by Crippen LogP contribution is -2.30. The molecule has 8 heteroatoms. The highest BCUT2D eigenvalue weighted by atomic mass is 35.5. The highest BCUT2D eigenvalue weighted by Gasteiger charge is 2.19. The van der Waals surface area contributed by atoms with E-state index in [0.29, 0.717) is 18.3 Å².